The molecule has 4 heteroatoms. The first kappa shape index (κ1) is 13.5. The topological polar surface area (TPSA) is 9.23 Å². The normalized spacial score (nSPS) is 10.8. The van der Waals surface area contributed by atoms with Crippen molar-refractivity contribution >= 4 is 0 Å². The summed E-state index contributed by atoms with van der Waals surface area (Å²) in [5, 5.41) is 0. The highest BCUT2D eigenvalue weighted by atomic mass is 19.1. The van der Waals surface area contributed by atoms with Crippen LogP contribution in [0.3, 0.4) is 0 Å². The van der Waals surface area contributed by atoms with E-state index in [1.54, 1.807) is 6.07 Å². The molecule has 2 rings (SSSR count). The fourth-order valence-electron chi connectivity index (χ4n) is 1.66. The van der Waals surface area contributed by atoms with Crippen molar-refractivity contribution in [2.75, 3.05) is 0 Å². The summed E-state index contributed by atoms with van der Waals surface area (Å²) in [7, 11) is 0. The van der Waals surface area contributed by atoms with E-state index in [1.807, 2.05) is 13.8 Å². The molecule has 19 heavy (non-hydrogen) atoms. The zero-order valence-electron chi connectivity index (χ0n) is 10.6. The first-order valence-corrected chi connectivity index (χ1v) is 5.89. The molecule has 0 heterocycles. The molecule has 0 radical (unpaired) electrons. The van der Waals surface area contributed by atoms with Crippen LogP contribution >= 0.6 is 0 Å². The van der Waals surface area contributed by atoms with Gasteiger partial charge < -0.3 is 4.74 Å². The number of benzene rings is 2. The molecule has 0 unspecified atom stereocenters. The van der Waals surface area contributed by atoms with Crippen LogP contribution in [-0.2, 0) is 0 Å². The second kappa shape index (κ2) is 5.34. The molecule has 0 spiro atoms. The summed E-state index contributed by atoms with van der Waals surface area (Å²) in [6.07, 6.45) is 0. The second-order valence-electron chi connectivity index (χ2n) is 4.55. The zero-order valence-corrected chi connectivity index (χ0v) is 10.6. The van der Waals surface area contributed by atoms with E-state index in [-0.39, 0.29) is 17.4 Å². The van der Waals surface area contributed by atoms with Crippen molar-refractivity contribution < 1.29 is 17.9 Å². The maximum Gasteiger partial charge on any atom is 0.165 e. The lowest BCUT2D eigenvalue weighted by Gasteiger charge is -2.11. The number of hydrogen-bond donors (Lipinski definition) is 0. The molecule has 0 aliphatic carbocycles. The van der Waals surface area contributed by atoms with Gasteiger partial charge in [-0.3, -0.25) is 0 Å². The van der Waals surface area contributed by atoms with Crippen LogP contribution < -0.4 is 4.74 Å². The molecule has 2 aromatic carbocycles. The summed E-state index contributed by atoms with van der Waals surface area (Å²) in [4.78, 5) is 0. The summed E-state index contributed by atoms with van der Waals surface area (Å²) in [5.41, 5.74) is 0.729. The van der Waals surface area contributed by atoms with E-state index in [4.69, 9.17) is 4.74 Å². The van der Waals surface area contributed by atoms with Crippen molar-refractivity contribution in [3.05, 3.63) is 59.4 Å². The standard InChI is InChI=1S/C15H13F3O/c1-9(2)10-5-12(17)7-13(6-10)19-15-8-11(16)3-4-14(15)18/h3-9H,1-2H3. The third-order valence-corrected chi connectivity index (χ3v) is 2.68. The fourth-order valence-corrected chi connectivity index (χ4v) is 1.66. The molecule has 0 bridgehead atoms. The van der Waals surface area contributed by atoms with Crippen LogP contribution in [-0.4, -0.2) is 0 Å². The molecule has 100 valence electrons. The highest BCUT2D eigenvalue weighted by Crippen LogP contribution is 2.28. The van der Waals surface area contributed by atoms with E-state index < -0.39 is 17.5 Å². The Labute approximate surface area is 109 Å². The maximum atomic E-state index is 13.4. The number of rotatable bonds is 3. The predicted octanol–water partition coefficient (Wildman–Crippen LogP) is 5.02. The summed E-state index contributed by atoms with van der Waals surface area (Å²) < 4.78 is 45.1. The first-order chi connectivity index (χ1) is 8.95. The Morgan fingerprint density at radius 2 is 1.63 bits per heavy atom. The Hall–Kier alpha value is -1.97. The van der Waals surface area contributed by atoms with Crippen molar-refractivity contribution in [1.82, 2.24) is 0 Å². The fraction of sp³-hybridized carbons (Fsp3) is 0.200. The summed E-state index contributed by atoms with van der Waals surface area (Å²) >= 11 is 0. The smallest absolute Gasteiger partial charge is 0.165 e. The minimum absolute atomic E-state index is 0.107. The van der Waals surface area contributed by atoms with Gasteiger partial charge in [-0.15, -0.1) is 0 Å². The number of ether oxygens (including phenoxy) is 1. The molecule has 0 atom stereocenters. The molecular weight excluding hydrogens is 253 g/mol. The van der Waals surface area contributed by atoms with E-state index in [9.17, 15) is 13.2 Å². The molecule has 0 N–H and O–H groups in total. The van der Waals surface area contributed by atoms with Gasteiger partial charge in [0, 0.05) is 12.1 Å². The third-order valence-electron chi connectivity index (χ3n) is 2.68. The van der Waals surface area contributed by atoms with E-state index in [2.05, 4.69) is 0 Å². The van der Waals surface area contributed by atoms with E-state index in [0.717, 1.165) is 29.8 Å². The van der Waals surface area contributed by atoms with Crippen molar-refractivity contribution in [2.24, 2.45) is 0 Å². The lowest BCUT2D eigenvalue weighted by atomic mass is 10.0. The maximum absolute atomic E-state index is 13.4. The van der Waals surface area contributed by atoms with Gasteiger partial charge in [-0.1, -0.05) is 13.8 Å². The summed E-state index contributed by atoms with van der Waals surface area (Å²) in [6, 6.07) is 7.02. The van der Waals surface area contributed by atoms with Gasteiger partial charge in [0.15, 0.2) is 11.6 Å². The molecule has 0 fully saturated rings. The lowest BCUT2D eigenvalue weighted by molar-refractivity contribution is 0.432. The SMILES string of the molecule is CC(C)c1cc(F)cc(Oc2cc(F)ccc2F)c1. The first-order valence-electron chi connectivity index (χ1n) is 5.89. The van der Waals surface area contributed by atoms with Crippen LogP contribution in [0.4, 0.5) is 13.2 Å². The molecular formula is C15H13F3O. The molecule has 0 aromatic heterocycles. The minimum atomic E-state index is -0.697. The number of hydrogen-bond acceptors (Lipinski definition) is 1. The van der Waals surface area contributed by atoms with E-state index in [1.165, 1.54) is 6.07 Å². The van der Waals surface area contributed by atoms with Crippen LogP contribution in [0.1, 0.15) is 25.3 Å². The van der Waals surface area contributed by atoms with Gasteiger partial charge in [0.2, 0.25) is 0 Å². The molecule has 0 aliphatic heterocycles. The van der Waals surface area contributed by atoms with Gasteiger partial charge in [0.25, 0.3) is 0 Å². The Morgan fingerprint density at radius 1 is 0.895 bits per heavy atom. The highest BCUT2D eigenvalue weighted by molar-refractivity contribution is 5.36. The average Bonchev–Trinajstić information content (AvgIpc) is 2.33. The molecule has 0 aliphatic rings. The van der Waals surface area contributed by atoms with Crippen LogP contribution in [0.5, 0.6) is 11.5 Å². The molecule has 0 saturated heterocycles. The lowest BCUT2D eigenvalue weighted by Crippen LogP contribution is -1.94. The van der Waals surface area contributed by atoms with Gasteiger partial charge in [-0.2, -0.15) is 0 Å². The van der Waals surface area contributed by atoms with Crippen LogP contribution in [0, 0.1) is 17.5 Å². The van der Waals surface area contributed by atoms with Gasteiger partial charge in [0.1, 0.15) is 17.4 Å². The number of halogens is 3. The summed E-state index contributed by atoms with van der Waals surface area (Å²) in [5.74, 6) is -1.80. The largest absolute Gasteiger partial charge is 0.454 e. The Balaban J connectivity index is 2.35. The Bertz CT molecular complexity index is 594. The van der Waals surface area contributed by atoms with Crippen molar-refractivity contribution in [1.29, 1.82) is 0 Å². The Morgan fingerprint density at radius 3 is 2.32 bits per heavy atom. The zero-order chi connectivity index (χ0) is 14.0. The summed E-state index contributed by atoms with van der Waals surface area (Å²) in [6.45, 7) is 3.81. The van der Waals surface area contributed by atoms with Gasteiger partial charge in [-0.05, 0) is 35.7 Å². The van der Waals surface area contributed by atoms with Crippen LogP contribution in [0.25, 0.3) is 0 Å². The van der Waals surface area contributed by atoms with Crippen molar-refractivity contribution in [3.63, 3.8) is 0 Å². The van der Waals surface area contributed by atoms with Gasteiger partial charge in [0.05, 0.1) is 0 Å². The molecule has 2 aromatic rings. The Kier molecular flexibility index (Phi) is 3.79. The quantitative estimate of drug-likeness (QED) is 0.758. The van der Waals surface area contributed by atoms with Crippen LogP contribution in [0.2, 0.25) is 0 Å². The van der Waals surface area contributed by atoms with E-state index >= 15 is 0 Å². The van der Waals surface area contributed by atoms with Gasteiger partial charge >= 0.3 is 0 Å². The second-order valence-corrected chi connectivity index (χ2v) is 4.55. The average molecular weight is 266 g/mol. The van der Waals surface area contributed by atoms with Crippen LogP contribution in [0.15, 0.2) is 36.4 Å². The third kappa shape index (κ3) is 3.28. The molecule has 0 saturated carbocycles. The predicted molar refractivity (Wildman–Crippen MR) is 66.9 cm³/mol. The van der Waals surface area contributed by atoms with Gasteiger partial charge in [-0.25, -0.2) is 13.2 Å². The molecule has 0 amide bonds. The monoisotopic (exact) mass is 266 g/mol. The van der Waals surface area contributed by atoms with E-state index in [0.29, 0.717) is 0 Å². The highest BCUT2D eigenvalue weighted by Gasteiger charge is 2.09. The van der Waals surface area contributed by atoms with Crippen molar-refractivity contribution in [3.8, 4) is 11.5 Å². The minimum Gasteiger partial charge on any atom is -0.454 e. The molecule has 1 nitrogen and oxygen atoms in total. The van der Waals surface area contributed by atoms with Crippen molar-refractivity contribution in [2.45, 2.75) is 19.8 Å².